The van der Waals surface area contributed by atoms with Gasteiger partial charge in [-0.1, -0.05) is 78.9 Å². The lowest BCUT2D eigenvalue weighted by Crippen LogP contribution is -2.35. The van der Waals surface area contributed by atoms with Crippen LogP contribution in [0.2, 0.25) is 0 Å². The Kier molecular flexibility index (Phi) is 6.34. The van der Waals surface area contributed by atoms with Crippen LogP contribution in [-0.4, -0.2) is 29.6 Å². The Morgan fingerprint density at radius 3 is 2.57 bits per heavy atom. The van der Waals surface area contributed by atoms with Crippen molar-refractivity contribution in [1.29, 1.82) is 0 Å². The molecule has 176 valence electrons. The molecule has 3 aliphatic rings. The smallest absolute Gasteiger partial charge is 0.323 e. The van der Waals surface area contributed by atoms with E-state index in [-0.39, 0.29) is 24.9 Å². The Morgan fingerprint density at radius 2 is 1.71 bits per heavy atom. The highest BCUT2D eigenvalue weighted by atomic mass is 16.4. The maximum Gasteiger partial charge on any atom is 0.323 e. The highest BCUT2D eigenvalue weighted by Gasteiger charge is 2.21. The zero-order chi connectivity index (χ0) is 24.4. The van der Waals surface area contributed by atoms with Crippen LogP contribution in [0.5, 0.6) is 0 Å². The van der Waals surface area contributed by atoms with Gasteiger partial charge in [0, 0.05) is 12.5 Å². The van der Waals surface area contributed by atoms with Crippen molar-refractivity contribution in [3.63, 3.8) is 0 Å². The number of carbonyl (C=O) groups is 2. The van der Waals surface area contributed by atoms with Gasteiger partial charge in [-0.3, -0.25) is 9.59 Å². The van der Waals surface area contributed by atoms with Crippen LogP contribution in [-0.2, 0) is 22.4 Å². The molecule has 0 fully saturated rings. The van der Waals surface area contributed by atoms with Crippen LogP contribution >= 0.6 is 0 Å². The van der Waals surface area contributed by atoms with Gasteiger partial charge >= 0.3 is 5.97 Å². The van der Waals surface area contributed by atoms with Gasteiger partial charge in [0.2, 0.25) is 5.91 Å². The summed E-state index contributed by atoms with van der Waals surface area (Å²) in [6.07, 6.45) is 11.5. The van der Waals surface area contributed by atoms with Gasteiger partial charge in [-0.15, -0.1) is 0 Å². The molecule has 5 nitrogen and oxygen atoms in total. The maximum absolute atomic E-state index is 11.7. The first-order valence-corrected chi connectivity index (χ1v) is 11.9. The second-order valence-corrected chi connectivity index (χ2v) is 9.10. The Balaban J connectivity index is 0.000000148. The normalized spacial score (nSPS) is 17.2. The molecule has 3 aromatic rings. The van der Waals surface area contributed by atoms with Gasteiger partial charge in [-0.2, -0.15) is 0 Å². The number of hydrogen-bond donors (Lipinski definition) is 2. The van der Waals surface area contributed by atoms with E-state index in [1.165, 1.54) is 36.9 Å². The van der Waals surface area contributed by atoms with Gasteiger partial charge in [0.15, 0.2) is 0 Å². The first kappa shape index (κ1) is 22.8. The minimum absolute atomic E-state index is 0.191. The van der Waals surface area contributed by atoms with E-state index in [1.54, 1.807) is 18.2 Å². The van der Waals surface area contributed by atoms with E-state index in [0.29, 0.717) is 5.69 Å². The molecule has 5 heteroatoms. The number of carboxylic acids is 1. The summed E-state index contributed by atoms with van der Waals surface area (Å²) in [6.45, 7) is -0.294. The molecule has 0 bridgehead atoms. The maximum atomic E-state index is 11.7. The molecule has 35 heavy (non-hydrogen) atoms. The summed E-state index contributed by atoms with van der Waals surface area (Å²) in [7, 11) is 0. The van der Waals surface area contributed by atoms with Gasteiger partial charge in [-0.05, 0) is 62.9 Å². The fourth-order valence-corrected chi connectivity index (χ4v) is 5.10. The van der Waals surface area contributed by atoms with E-state index in [0.717, 1.165) is 24.8 Å². The van der Waals surface area contributed by atoms with E-state index in [1.807, 2.05) is 18.2 Å². The van der Waals surface area contributed by atoms with Crippen LogP contribution in [0.25, 0.3) is 18.2 Å². The third kappa shape index (κ3) is 4.68. The Hall–Kier alpha value is -3.96. The molecule has 0 radical (unpaired) electrons. The lowest BCUT2D eigenvalue weighted by Gasteiger charge is -2.20. The van der Waals surface area contributed by atoms with Gasteiger partial charge in [0.1, 0.15) is 6.54 Å². The van der Waals surface area contributed by atoms with E-state index < -0.39 is 5.97 Å². The van der Waals surface area contributed by atoms with Crippen LogP contribution in [0.15, 0.2) is 66.7 Å². The monoisotopic (exact) mass is 464 g/mol. The van der Waals surface area contributed by atoms with Gasteiger partial charge in [-0.25, -0.2) is 0 Å². The molecule has 6 rings (SSSR count). The number of carboxylic acid groups (broad SMARTS) is 1. The lowest BCUT2D eigenvalue weighted by molar-refractivity contribution is -0.136. The van der Waals surface area contributed by atoms with Crippen molar-refractivity contribution in [2.24, 2.45) is 5.73 Å². The quantitative estimate of drug-likeness (QED) is 0.611. The van der Waals surface area contributed by atoms with Crippen molar-refractivity contribution >= 4 is 35.8 Å². The number of amides is 1. The zero-order valence-electron chi connectivity index (χ0n) is 19.5. The fraction of sp³-hybridized carbons (Fsp3) is 0.200. The second kappa shape index (κ2) is 9.72. The van der Waals surface area contributed by atoms with Crippen molar-refractivity contribution in [1.82, 2.24) is 0 Å². The van der Waals surface area contributed by atoms with Crippen LogP contribution < -0.4 is 21.1 Å². The molecular weight excluding hydrogens is 436 g/mol. The number of rotatable bonds is 2. The Labute approximate surface area is 203 Å². The van der Waals surface area contributed by atoms with E-state index in [4.69, 9.17) is 10.8 Å². The number of carbonyl (C=O) groups excluding carboxylic acids is 1. The molecule has 3 aromatic carbocycles. The molecule has 0 saturated carbocycles. The zero-order valence-corrected chi connectivity index (χ0v) is 19.5. The van der Waals surface area contributed by atoms with Gasteiger partial charge in [0.05, 0.1) is 5.69 Å². The highest BCUT2D eigenvalue weighted by Crippen LogP contribution is 2.25. The molecule has 3 N–H and O–H groups in total. The predicted molar refractivity (Wildman–Crippen MR) is 139 cm³/mol. The third-order valence-corrected chi connectivity index (χ3v) is 6.76. The van der Waals surface area contributed by atoms with Crippen LogP contribution in [0, 0.1) is 10.4 Å². The van der Waals surface area contributed by atoms with Crippen molar-refractivity contribution in [3.8, 4) is 0 Å². The summed E-state index contributed by atoms with van der Waals surface area (Å²) in [5, 5.41) is 14.3. The molecule has 1 amide bonds. The highest BCUT2D eigenvalue weighted by molar-refractivity contribution is 6.01. The summed E-state index contributed by atoms with van der Waals surface area (Å²) in [5.74, 6) is -1.20. The average Bonchev–Trinajstić information content (AvgIpc) is 3.02. The van der Waals surface area contributed by atoms with Crippen molar-refractivity contribution in [2.75, 3.05) is 11.4 Å². The molecule has 0 spiro atoms. The number of nitrogens with two attached hydrogens (primary N) is 1. The van der Waals surface area contributed by atoms with Crippen LogP contribution in [0.3, 0.4) is 0 Å². The minimum atomic E-state index is -1.01. The molecule has 1 atom stereocenters. The molecule has 1 aliphatic heterocycles. The molecule has 2 aliphatic carbocycles. The molecule has 1 heterocycles. The molecule has 0 unspecified atom stereocenters. The SMILES string of the molecule is N[C@H]1CC=c2ccc3c(c2C1)CC=c1ccccc1=3.O=C(O)CN1C(=O)CC=Cc2ccccc21. The molecule has 0 aromatic heterocycles. The van der Waals surface area contributed by atoms with Crippen LogP contribution in [0.4, 0.5) is 5.69 Å². The first-order valence-electron chi connectivity index (χ1n) is 11.9. The number of fused-ring (bicyclic) bond motifs is 5. The third-order valence-electron chi connectivity index (χ3n) is 6.76. The topological polar surface area (TPSA) is 83.6 Å². The summed E-state index contributed by atoms with van der Waals surface area (Å²) < 4.78 is 0. The van der Waals surface area contributed by atoms with E-state index in [2.05, 4.69) is 48.6 Å². The summed E-state index contributed by atoms with van der Waals surface area (Å²) in [4.78, 5) is 23.7. The largest absolute Gasteiger partial charge is 0.480 e. The van der Waals surface area contributed by atoms with Crippen molar-refractivity contribution in [3.05, 3.63) is 104 Å². The predicted octanol–water partition coefficient (Wildman–Crippen LogP) is 2.89. The van der Waals surface area contributed by atoms with Gasteiger partial charge < -0.3 is 15.7 Å². The second-order valence-electron chi connectivity index (χ2n) is 9.10. The van der Waals surface area contributed by atoms with E-state index >= 15 is 0 Å². The van der Waals surface area contributed by atoms with Gasteiger partial charge in [0.25, 0.3) is 0 Å². The molecule has 0 saturated heterocycles. The van der Waals surface area contributed by atoms with Crippen LogP contribution in [0.1, 0.15) is 29.5 Å². The average molecular weight is 465 g/mol. The number of hydrogen-bond acceptors (Lipinski definition) is 3. The first-order chi connectivity index (χ1) is 17.0. The van der Waals surface area contributed by atoms with Crippen molar-refractivity contribution < 1.29 is 14.7 Å². The Morgan fingerprint density at radius 1 is 0.914 bits per heavy atom. The number of anilines is 1. The number of benzene rings is 3. The Bertz CT molecular complexity index is 1560. The summed E-state index contributed by atoms with van der Waals surface area (Å²) in [5.41, 5.74) is 10.6. The number of aliphatic carboxylic acids is 1. The fourth-order valence-electron chi connectivity index (χ4n) is 5.10. The number of nitrogens with zero attached hydrogens (tertiary/aromatic N) is 1. The number of para-hydroxylation sites is 1. The summed E-state index contributed by atoms with van der Waals surface area (Å²) >= 11 is 0. The van der Waals surface area contributed by atoms with E-state index in [9.17, 15) is 9.59 Å². The summed E-state index contributed by atoms with van der Waals surface area (Å²) in [6, 6.07) is 20.8. The van der Waals surface area contributed by atoms with Crippen molar-refractivity contribution in [2.45, 2.75) is 31.7 Å². The standard InChI is InChI=1S/C18H17N.C12H11NO3/c19-14-8-5-13-7-9-16-15-4-2-1-3-12(15)6-10-17(16)18(13)11-14;14-11-7-3-5-9-4-1-2-6-10(9)13(11)8-12(15)16/h1-7,9,14H,8,10-11,19H2;1-6H,7-8H2,(H,15,16)/t14-;/m0./s1. The minimum Gasteiger partial charge on any atom is -0.480 e. The lowest BCUT2D eigenvalue weighted by atomic mass is 9.87. The molecular formula is C30H28N2O3.